The summed E-state index contributed by atoms with van der Waals surface area (Å²) in [5.74, 6) is 0.00563. The fraction of sp³-hybridized carbons (Fsp3) is 0.588. The van der Waals surface area contributed by atoms with E-state index in [-0.39, 0.29) is 5.91 Å². The van der Waals surface area contributed by atoms with Crippen molar-refractivity contribution in [3.8, 4) is 0 Å². The van der Waals surface area contributed by atoms with E-state index in [2.05, 4.69) is 4.90 Å². The van der Waals surface area contributed by atoms with Gasteiger partial charge in [-0.2, -0.15) is 0 Å². The normalized spacial score (nSPS) is 21.9. The SMILES string of the molecule is CN(C)Cc1ccc(C(=O)N2CCC(O)(CN(C)C)C2)cc1. The Bertz CT molecular complexity index is 513. The van der Waals surface area contributed by atoms with Crippen molar-refractivity contribution in [2.45, 2.75) is 18.6 Å². The van der Waals surface area contributed by atoms with Gasteiger partial charge in [0.05, 0.1) is 12.1 Å². The van der Waals surface area contributed by atoms with Gasteiger partial charge in [0.25, 0.3) is 5.91 Å². The number of amides is 1. The highest BCUT2D eigenvalue weighted by Crippen LogP contribution is 2.23. The first-order chi connectivity index (χ1) is 10.3. The number of aliphatic hydroxyl groups is 1. The highest BCUT2D eigenvalue weighted by atomic mass is 16.3. The molecule has 5 nitrogen and oxygen atoms in total. The number of nitrogens with zero attached hydrogens (tertiary/aromatic N) is 3. The molecule has 2 rings (SSSR count). The lowest BCUT2D eigenvalue weighted by molar-refractivity contribution is 0.0236. The molecule has 0 aliphatic carbocycles. The molecule has 1 saturated heterocycles. The zero-order valence-corrected chi connectivity index (χ0v) is 14.0. The zero-order valence-electron chi connectivity index (χ0n) is 14.0. The van der Waals surface area contributed by atoms with Gasteiger partial charge < -0.3 is 19.8 Å². The summed E-state index contributed by atoms with van der Waals surface area (Å²) in [4.78, 5) is 18.4. The Morgan fingerprint density at radius 1 is 1.18 bits per heavy atom. The lowest BCUT2D eigenvalue weighted by Crippen LogP contribution is -2.43. The molecule has 1 aliphatic rings. The van der Waals surface area contributed by atoms with Crippen molar-refractivity contribution >= 4 is 5.91 Å². The number of carbonyl (C=O) groups is 1. The number of hydrogen-bond donors (Lipinski definition) is 1. The molecule has 1 aromatic carbocycles. The van der Waals surface area contributed by atoms with E-state index in [9.17, 15) is 9.90 Å². The topological polar surface area (TPSA) is 47.0 Å². The third kappa shape index (κ3) is 4.29. The minimum Gasteiger partial charge on any atom is -0.387 e. The van der Waals surface area contributed by atoms with Crippen molar-refractivity contribution < 1.29 is 9.90 Å². The lowest BCUT2D eigenvalue weighted by Gasteiger charge is -2.26. The van der Waals surface area contributed by atoms with Gasteiger partial charge in [0.2, 0.25) is 0 Å². The minimum absolute atomic E-state index is 0.00563. The van der Waals surface area contributed by atoms with Gasteiger partial charge in [-0.1, -0.05) is 12.1 Å². The Morgan fingerprint density at radius 3 is 2.36 bits per heavy atom. The molecule has 0 radical (unpaired) electrons. The maximum atomic E-state index is 12.5. The molecule has 0 saturated carbocycles. The molecule has 1 atom stereocenters. The first kappa shape index (κ1) is 16.9. The van der Waals surface area contributed by atoms with Gasteiger partial charge in [0.1, 0.15) is 0 Å². The van der Waals surface area contributed by atoms with Crippen LogP contribution in [0.5, 0.6) is 0 Å². The highest BCUT2D eigenvalue weighted by Gasteiger charge is 2.38. The van der Waals surface area contributed by atoms with Crippen LogP contribution >= 0.6 is 0 Å². The van der Waals surface area contributed by atoms with Crippen molar-refractivity contribution in [2.24, 2.45) is 0 Å². The lowest BCUT2D eigenvalue weighted by atomic mass is 10.0. The predicted octanol–water partition coefficient (Wildman–Crippen LogP) is 0.887. The van der Waals surface area contributed by atoms with Crippen molar-refractivity contribution in [1.82, 2.24) is 14.7 Å². The molecule has 1 fully saturated rings. The van der Waals surface area contributed by atoms with E-state index in [1.807, 2.05) is 57.4 Å². The maximum absolute atomic E-state index is 12.5. The largest absolute Gasteiger partial charge is 0.387 e. The third-order valence-corrected chi connectivity index (χ3v) is 3.93. The second-order valence-electron chi connectivity index (χ2n) is 6.87. The van der Waals surface area contributed by atoms with Crippen LogP contribution in [-0.2, 0) is 6.54 Å². The quantitative estimate of drug-likeness (QED) is 0.877. The molecule has 1 aliphatic heterocycles. The number of likely N-dealkylation sites (N-methyl/N-ethyl adjacent to an activating group) is 1. The van der Waals surface area contributed by atoms with Crippen LogP contribution in [0.15, 0.2) is 24.3 Å². The first-order valence-electron chi connectivity index (χ1n) is 7.69. The van der Waals surface area contributed by atoms with Crippen molar-refractivity contribution in [2.75, 3.05) is 47.8 Å². The van der Waals surface area contributed by atoms with Crippen LogP contribution < -0.4 is 0 Å². The van der Waals surface area contributed by atoms with E-state index < -0.39 is 5.60 Å². The molecular formula is C17H27N3O2. The molecule has 22 heavy (non-hydrogen) atoms. The number of rotatable bonds is 5. The van der Waals surface area contributed by atoms with Crippen molar-refractivity contribution in [3.63, 3.8) is 0 Å². The molecule has 0 bridgehead atoms. The van der Waals surface area contributed by atoms with Gasteiger partial charge in [-0.15, -0.1) is 0 Å². The molecule has 0 spiro atoms. The molecule has 122 valence electrons. The Hall–Kier alpha value is -1.43. The van der Waals surface area contributed by atoms with Crippen molar-refractivity contribution in [1.29, 1.82) is 0 Å². The van der Waals surface area contributed by atoms with Crippen LogP contribution in [0.1, 0.15) is 22.3 Å². The van der Waals surface area contributed by atoms with Crippen LogP contribution in [-0.4, -0.2) is 79.1 Å². The standard InChI is InChI=1S/C17H27N3O2/c1-18(2)11-14-5-7-15(8-6-14)16(21)20-10-9-17(22,13-20)12-19(3)4/h5-8,22H,9-13H2,1-4H3. The van der Waals surface area contributed by atoms with Crippen molar-refractivity contribution in [3.05, 3.63) is 35.4 Å². The average molecular weight is 305 g/mol. The summed E-state index contributed by atoms with van der Waals surface area (Å²) in [5.41, 5.74) is 1.09. The van der Waals surface area contributed by atoms with Gasteiger partial charge in [-0.05, 0) is 52.3 Å². The van der Waals surface area contributed by atoms with E-state index in [4.69, 9.17) is 0 Å². The number of hydrogen-bond acceptors (Lipinski definition) is 4. The van der Waals surface area contributed by atoms with Crippen LogP contribution in [0, 0.1) is 0 Å². The Labute approximate surface area is 133 Å². The second kappa shape index (κ2) is 6.77. The first-order valence-corrected chi connectivity index (χ1v) is 7.69. The number of carbonyl (C=O) groups excluding carboxylic acids is 1. The van der Waals surface area contributed by atoms with Crippen LogP contribution in [0.2, 0.25) is 0 Å². The molecule has 1 heterocycles. The molecule has 5 heteroatoms. The molecule has 1 aromatic rings. The third-order valence-electron chi connectivity index (χ3n) is 3.93. The Kier molecular flexibility index (Phi) is 5.21. The summed E-state index contributed by atoms with van der Waals surface area (Å²) >= 11 is 0. The summed E-state index contributed by atoms with van der Waals surface area (Å²) in [6.07, 6.45) is 0.635. The number of likely N-dealkylation sites (tertiary alicyclic amines) is 1. The van der Waals surface area contributed by atoms with Gasteiger partial charge in [-0.25, -0.2) is 0 Å². The minimum atomic E-state index is -0.788. The summed E-state index contributed by atoms with van der Waals surface area (Å²) in [5, 5.41) is 10.5. The fourth-order valence-electron chi connectivity index (χ4n) is 3.05. The smallest absolute Gasteiger partial charge is 0.253 e. The Morgan fingerprint density at radius 2 is 1.82 bits per heavy atom. The molecular weight excluding hydrogens is 278 g/mol. The van der Waals surface area contributed by atoms with E-state index in [0.717, 1.165) is 6.54 Å². The zero-order chi connectivity index (χ0) is 16.3. The van der Waals surface area contributed by atoms with Crippen LogP contribution in [0.25, 0.3) is 0 Å². The number of β-amino-alcohol motifs (C(OH)–C–C–N with tert-alkyl or cyclic N) is 1. The van der Waals surface area contributed by atoms with E-state index in [1.54, 1.807) is 4.90 Å². The molecule has 1 unspecified atom stereocenters. The summed E-state index contributed by atoms with van der Waals surface area (Å²) in [6.45, 7) is 2.46. The molecule has 0 aromatic heterocycles. The van der Waals surface area contributed by atoms with E-state index in [0.29, 0.717) is 31.6 Å². The monoisotopic (exact) mass is 305 g/mol. The maximum Gasteiger partial charge on any atom is 0.253 e. The van der Waals surface area contributed by atoms with E-state index >= 15 is 0 Å². The van der Waals surface area contributed by atoms with Crippen LogP contribution in [0.3, 0.4) is 0 Å². The summed E-state index contributed by atoms with van der Waals surface area (Å²) in [6, 6.07) is 7.75. The fourth-order valence-corrected chi connectivity index (χ4v) is 3.05. The summed E-state index contributed by atoms with van der Waals surface area (Å²) < 4.78 is 0. The number of benzene rings is 1. The average Bonchev–Trinajstić information content (AvgIpc) is 2.79. The second-order valence-corrected chi connectivity index (χ2v) is 6.87. The van der Waals surface area contributed by atoms with Gasteiger partial charge in [0, 0.05) is 25.2 Å². The molecule has 1 amide bonds. The van der Waals surface area contributed by atoms with Crippen LogP contribution in [0.4, 0.5) is 0 Å². The van der Waals surface area contributed by atoms with Gasteiger partial charge in [0.15, 0.2) is 0 Å². The van der Waals surface area contributed by atoms with Gasteiger partial charge in [-0.3, -0.25) is 4.79 Å². The highest BCUT2D eigenvalue weighted by molar-refractivity contribution is 5.94. The summed E-state index contributed by atoms with van der Waals surface area (Å²) in [7, 11) is 7.92. The van der Waals surface area contributed by atoms with Gasteiger partial charge >= 0.3 is 0 Å². The Balaban J connectivity index is 2.00. The predicted molar refractivity (Wildman–Crippen MR) is 87.9 cm³/mol. The molecule has 1 N–H and O–H groups in total. The van der Waals surface area contributed by atoms with E-state index in [1.165, 1.54) is 5.56 Å².